The van der Waals surface area contributed by atoms with Crippen molar-refractivity contribution in [1.82, 2.24) is 14.5 Å². The van der Waals surface area contributed by atoms with Crippen LogP contribution in [0.2, 0.25) is 5.02 Å². The van der Waals surface area contributed by atoms with E-state index in [2.05, 4.69) is 43.5 Å². The average molecular weight is 383 g/mol. The van der Waals surface area contributed by atoms with E-state index in [4.69, 9.17) is 11.6 Å². The van der Waals surface area contributed by atoms with Crippen molar-refractivity contribution in [2.24, 2.45) is 13.0 Å². The Kier molecular flexibility index (Phi) is 5.21. The summed E-state index contributed by atoms with van der Waals surface area (Å²) in [5, 5.41) is 0.856. The van der Waals surface area contributed by atoms with Crippen LogP contribution in [-0.4, -0.2) is 27.5 Å². The van der Waals surface area contributed by atoms with E-state index >= 15 is 0 Å². The Hall–Kier alpha value is -0.840. The van der Waals surface area contributed by atoms with Crippen molar-refractivity contribution in [1.29, 1.82) is 0 Å². The number of nitrogens with zero attached hydrogens (tertiary/aromatic N) is 3. The van der Waals surface area contributed by atoms with Crippen molar-refractivity contribution in [2.45, 2.75) is 25.8 Å². The SMILES string of the molecule is Cn1ccnc1CC1CCCN(Cc2cc(Br)ccc2Cl)C1. The van der Waals surface area contributed by atoms with Crippen molar-refractivity contribution < 1.29 is 0 Å². The molecule has 1 saturated heterocycles. The van der Waals surface area contributed by atoms with Gasteiger partial charge in [-0.25, -0.2) is 4.98 Å². The van der Waals surface area contributed by atoms with E-state index in [0.717, 1.165) is 35.6 Å². The molecule has 1 fully saturated rings. The molecule has 1 aromatic carbocycles. The normalized spacial score (nSPS) is 19.5. The smallest absolute Gasteiger partial charge is 0.108 e. The number of rotatable bonds is 4. The van der Waals surface area contributed by atoms with Gasteiger partial charge in [0.1, 0.15) is 5.82 Å². The van der Waals surface area contributed by atoms with Gasteiger partial charge in [0, 0.05) is 48.4 Å². The van der Waals surface area contributed by atoms with Crippen LogP contribution in [0.5, 0.6) is 0 Å². The fourth-order valence-corrected chi connectivity index (χ4v) is 3.80. The molecule has 3 rings (SSSR count). The predicted molar refractivity (Wildman–Crippen MR) is 94.1 cm³/mol. The van der Waals surface area contributed by atoms with Crippen LogP contribution in [0.3, 0.4) is 0 Å². The summed E-state index contributed by atoms with van der Waals surface area (Å²) in [4.78, 5) is 6.98. The molecule has 118 valence electrons. The van der Waals surface area contributed by atoms with Crippen LogP contribution in [0, 0.1) is 5.92 Å². The summed E-state index contributed by atoms with van der Waals surface area (Å²) in [6.07, 6.45) is 7.51. The molecular weight excluding hydrogens is 362 g/mol. The quantitative estimate of drug-likeness (QED) is 0.786. The first kappa shape index (κ1) is 16.0. The molecule has 3 nitrogen and oxygen atoms in total. The zero-order valence-electron chi connectivity index (χ0n) is 12.8. The van der Waals surface area contributed by atoms with Crippen LogP contribution in [0.4, 0.5) is 0 Å². The minimum absolute atomic E-state index is 0.681. The van der Waals surface area contributed by atoms with Crippen molar-refractivity contribution in [3.8, 4) is 0 Å². The summed E-state index contributed by atoms with van der Waals surface area (Å²) >= 11 is 9.86. The molecule has 0 amide bonds. The topological polar surface area (TPSA) is 21.1 Å². The fourth-order valence-electron chi connectivity index (χ4n) is 3.22. The first-order chi connectivity index (χ1) is 10.6. The maximum absolute atomic E-state index is 6.33. The van der Waals surface area contributed by atoms with E-state index in [-0.39, 0.29) is 0 Å². The lowest BCUT2D eigenvalue weighted by Crippen LogP contribution is -2.36. The fraction of sp³-hybridized carbons (Fsp3) is 0.471. The number of aromatic nitrogens is 2. The standard InChI is InChI=1S/C17H21BrClN3/c1-21-8-6-20-17(21)9-13-3-2-7-22(11-13)12-14-10-15(18)4-5-16(14)19/h4-6,8,10,13H,2-3,7,9,11-12H2,1H3. The highest BCUT2D eigenvalue weighted by molar-refractivity contribution is 9.10. The summed E-state index contributed by atoms with van der Waals surface area (Å²) in [6.45, 7) is 3.20. The number of likely N-dealkylation sites (tertiary alicyclic amines) is 1. The molecule has 1 aliphatic rings. The van der Waals surface area contributed by atoms with Gasteiger partial charge >= 0.3 is 0 Å². The molecule has 2 aromatic rings. The first-order valence-corrected chi connectivity index (χ1v) is 8.91. The van der Waals surface area contributed by atoms with E-state index in [1.807, 2.05) is 24.5 Å². The van der Waals surface area contributed by atoms with Crippen molar-refractivity contribution in [2.75, 3.05) is 13.1 Å². The van der Waals surface area contributed by atoms with Gasteiger partial charge in [0.05, 0.1) is 0 Å². The molecule has 2 heterocycles. The molecule has 1 atom stereocenters. The van der Waals surface area contributed by atoms with E-state index < -0.39 is 0 Å². The van der Waals surface area contributed by atoms with E-state index in [9.17, 15) is 0 Å². The molecule has 0 N–H and O–H groups in total. The lowest BCUT2D eigenvalue weighted by molar-refractivity contribution is 0.165. The van der Waals surface area contributed by atoms with Crippen LogP contribution >= 0.6 is 27.5 Å². The minimum atomic E-state index is 0.681. The van der Waals surface area contributed by atoms with E-state index in [1.165, 1.54) is 24.2 Å². The molecule has 5 heteroatoms. The Balaban J connectivity index is 1.63. The molecular formula is C17H21BrClN3. The second-order valence-electron chi connectivity index (χ2n) is 6.14. The number of hydrogen-bond acceptors (Lipinski definition) is 2. The Labute approximate surface area is 145 Å². The number of hydrogen-bond donors (Lipinski definition) is 0. The number of halogens is 2. The van der Waals surface area contributed by atoms with Crippen LogP contribution < -0.4 is 0 Å². The van der Waals surface area contributed by atoms with Gasteiger partial charge in [-0.3, -0.25) is 4.90 Å². The van der Waals surface area contributed by atoms with Crippen LogP contribution in [0.25, 0.3) is 0 Å². The summed E-state index contributed by atoms with van der Waals surface area (Å²) in [6, 6.07) is 6.09. The third kappa shape index (κ3) is 3.92. The molecule has 0 spiro atoms. The van der Waals surface area contributed by atoms with Gasteiger partial charge in [-0.05, 0) is 49.1 Å². The molecule has 22 heavy (non-hydrogen) atoms. The molecule has 0 radical (unpaired) electrons. The molecule has 1 aromatic heterocycles. The molecule has 0 saturated carbocycles. The monoisotopic (exact) mass is 381 g/mol. The molecule has 0 aliphatic carbocycles. The van der Waals surface area contributed by atoms with Gasteiger partial charge in [0.15, 0.2) is 0 Å². The maximum atomic E-state index is 6.33. The number of aryl methyl sites for hydroxylation is 1. The lowest BCUT2D eigenvalue weighted by Gasteiger charge is -2.32. The number of benzene rings is 1. The largest absolute Gasteiger partial charge is 0.338 e. The van der Waals surface area contributed by atoms with Gasteiger partial charge in [0.2, 0.25) is 0 Å². The van der Waals surface area contributed by atoms with Crippen LogP contribution in [0.15, 0.2) is 35.1 Å². The van der Waals surface area contributed by atoms with Gasteiger partial charge in [-0.1, -0.05) is 27.5 Å². The van der Waals surface area contributed by atoms with Crippen LogP contribution in [-0.2, 0) is 20.0 Å². The predicted octanol–water partition coefficient (Wildman–Crippen LogP) is 4.29. The van der Waals surface area contributed by atoms with Crippen molar-refractivity contribution in [3.63, 3.8) is 0 Å². The number of imidazole rings is 1. The third-order valence-corrected chi connectivity index (χ3v) is 5.26. The van der Waals surface area contributed by atoms with Gasteiger partial charge in [0.25, 0.3) is 0 Å². The van der Waals surface area contributed by atoms with Gasteiger partial charge < -0.3 is 4.57 Å². The highest BCUT2D eigenvalue weighted by Crippen LogP contribution is 2.26. The average Bonchev–Trinajstić information content (AvgIpc) is 2.89. The van der Waals surface area contributed by atoms with E-state index in [0.29, 0.717) is 5.92 Å². The molecule has 0 bridgehead atoms. The van der Waals surface area contributed by atoms with E-state index in [1.54, 1.807) is 0 Å². The summed E-state index contributed by atoms with van der Waals surface area (Å²) in [7, 11) is 2.07. The maximum Gasteiger partial charge on any atom is 0.108 e. The van der Waals surface area contributed by atoms with Gasteiger partial charge in [-0.2, -0.15) is 0 Å². The van der Waals surface area contributed by atoms with Crippen molar-refractivity contribution >= 4 is 27.5 Å². The van der Waals surface area contributed by atoms with Crippen molar-refractivity contribution in [3.05, 3.63) is 51.5 Å². The highest BCUT2D eigenvalue weighted by Gasteiger charge is 2.22. The highest BCUT2D eigenvalue weighted by atomic mass is 79.9. The molecule has 1 unspecified atom stereocenters. The third-order valence-electron chi connectivity index (χ3n) is 4.40. The van der Waals surface area contributed by atoms with Crippen LogP contribution in [0.1, 0.15) is 24.2 Å². The van der Waals surface area contributed by atoms with Gasteiger partial charge in [-0.15, -0.1) is 0 Å². The Bertz CT molecular complexity index is 641. The zero-order valence-corrected chi connectivity index (χ0v) is 15.1. The molecule has 1 aliphatic heterocycles. The first-order valence-electron chi connectivity index (χ1n) is 7.74. The Morgan fingerprint density at radius 3 is 3.05 bits per heavy atom. The zero-order chi connectivity index (χ0) is 15.5. The second kappa shape index (κ2) is 7.16. The Morgan fingerprint density at radius 1 is 1.41 bits per heavy atom. The summed E-state index contributed by atoms with van der Waals surface area (Å²) in [5.74, 6) is 1.87. The Morgan fingerprint density at radius 2 is 2.27 bits per heavy atom. The summed E-state index contributed by atoms with van der Waals surface area (Å²) < 4.78 is 3.22. The second-order valence-corrected chi connectivity index (χ2v) is 7.46. The lowest BCUT2D eigenvalue weighted by atomic mass is 9.94. The summed E-state index contributed by atoms with van der Waals surface area (Å²) in [5.41, 5.74) is 1.20. The number of piperidine rings is 1. The minimum Gasteiger partial charge on any atom is -0.338 e.